The van der Waals surface area contributed by atoms with Crippen LogP contribution in [0.15, 0.2) is 71.9 Å². The fraction of sp³-hybridized carbons (Fsp3) is 0.259. The molecule has 0 saturated carbocycles. The van der Waals surface area contributed by atoms with Gasteiger partial charge in [-0.05, 0) is 38.0 Å². The number of imidazole rings is 1. The van der Waals surface area contributed by atoms with Gasteiger partial charge in [-0.1, -0.05) is 18.2 Å². The molecule has 34 heavy (non-hydrogen) atoms. The molecule has 7 heteroatoms. The molecule has 0 radical (unpaired) electrons. The molecule has 4 aromatic rings. The maximum absolute atomic E-state index is 12.6. The number of benzene rings is 2. The van der Waals surface area contributed by atoms with Crippen LogP contribution in [0, 0.1) is 0 Å². The second-order valence-corrected chi connectivity index (χ2v) is 7.90. The highest BCUT2D eigenvalue weighted by molar-refractivity contribution is 6.01. The number of amides is 1. The van der Waals surface area contributed by atoms with Crippen molar-refractivity contribution in [2.24, 2.45) is 0 Å². The lowest BCUT2D eigenvalue weighted by Crippen LogP contribution is -2.23. The zero-order chi connectivity index (χ0) is 23.9. The minimum Gasteiger partial charge on any atom is -0.496 e. The predicted octanol–water partition coefficient (Wildman–Crippen LogP) is 5.31. The summed E-state index contributed by atoms with van der Waals surface area (Å²) >= 11 is 0. The topological polar surface area (TPSA) is 78.5 Å². The van der Waals surface area contributed by atoms with Gasteiger partial charge in [-0.15, -0.1) is 0 Å². The molecule has 0 bridgehead atoms. The summed E-state index contributed by atoms with van der Waals surface area (Å²) in [4.78, 5) is 16.6. The number of methoxy groups -OCH3 is 1. The molecule has 4 rings (SSSR count). The number of furan rings is 1. The molecule has 0 fully saturated rings. The molecule has 0 aliphatic rings. The van der Waals surface area contributed by atoms with Gasteiger partial charge in [-0.2, -0.15) is 0 Å². The van der Waals surface area contributed by atoms with Crippen LogP contribution in [0.5, 0.6) is 11.5 Å². The quantitative estimate of drug-likeness (QED) is 0.257. The summed E-state index contributed by atoms with van der Waals surface area (Å²) in [6.07, 6.45) is 9.59. The van der Waals surface area contributed by atoms with E-state index in [1.807, 2.05) is 61.0 Å². The molecule has 0 aliphatic carbocycles. The highest BCUT2D eigenvalue weighted by Crippen LogP contribution is 2.40. The van der Waals surface area contributed by atoms with Gasteiger partial charge < -0.3 is 23.8 Å². The third-order valence-electron chi connectivity index (χ3n) is 5.60. The van der Waals surface area contributed by atoms with Crippen LogP contribution >= 0.6 is 0 Å². The monoisotopic (exact) mass is 459 g/mol. The summed E-state index contributed by atoms with van der Waals surface area (Å²) in [5.74, 6) is 1.31. The van der Waals surface area contributed by atoms with Crippen LogP contribution in [0.3, 0.4) is 0 Å². The first kappa shape index (κ1) is 23.2. The Morgan fingerprint density at radius 2 is 2.06 bits per heavy atom. The van der Waals surface area contributed by atoms with E-state index in [4.69, 9.17) is 13.9 Å². The highest BCUT2D eigenvalue weighted by Gasteiger charge is 2.17. The Morgan fingerprint density at radius 1 is 1.21 bits per heavy atom. The fourth-order valence-corrected chi connectivity index (χ4v) is 3.93. The third-order valence-corrected chi connectivity index (χ3v) is 5.60. The Labute approximate surface area is 199 Å². The van der Waals surface area contributed by atoms with Crippen molar-refractivity contribution in [3.05, 3.63) is 73.0 Å². The number of ether oxygens (including phenoxy) is 2. The largest absolute Gasteiger partial charge is 0.496 e. The van der Waals surface area contributed by atoms with Gasteiger partial charge in [-0.3, -0.25) is 4.79 Å². The van der Waals surface area contributed by atoms with Gasteiger partial charge in [0.05, 0.1) is 26.3 Å². The smallest absolute Gasteiger partial charge is 0.244 e. The maximum Gasteiger partial charge on any atom is 0.244 e. The van der Waals surface area contributed by atoms with E-state index in [0.717, 1.165) is 46.4 Å². The van der Waals surface area contributed by atoms with E-state index >= 15 is 0 Å². The van der Waals surface area contributed by atoms with E-state index < -0.39 is 0 Å². The molecule has 0 spiro atoms. The number of allylic oxidation sites excluding steroid dienone is 1. The molecule has 176 valence electrons. The van der Waals surface area contributed by atoms with Crippen molar-refractivity contribution in [2.45, 2.75) is 26.8 Å². The SMILES string of the molecule is CCOc1cc2occ(-c3ccccc3OC)c2cc1/C(C)=C/C(=O)NCCCn1ccnc1. The van der Waals surface area contributed by atoms with Crippen LogP contribution in [0.4, 0.5) is 0 Å². The van der Waals surface area contributed by atoms with Crippen molar-refractivity contribution in [1.29, 1.82) is 0 Å². The Hall–Kier alpha value is -4.00. The number of fused-ring (bicyclic) bond motifs is 1. The average Bonchev–Trinajstić information content (AvgIpc) is 3.51. The molecule has 7 nitrogen and oxygen atoms in total. The van der Waals surface area contributed by atoms with Crippen LogP contribution in [0.25, 0.3) is 27.7 Å². The molecular formula is C27H29N3O4. The van der Waals surface area contributed by atoms with Crippen molar-refractivity contribution in [3.63, 3.8) is 0 Å². The van der Waals surface area contributed by atoms with Gasteiger partial charge in [0.1, 0.15) is 17.1 Å². The van der Waals surface area contributed by atoms with Crippen LogP contribution < -0.4 is 14.8 Å². The number of nitrogens with zero attached hydrogens (tertiary/aromatic N) is 2. The van der Waals surface area contributed by atoms with Crippen molar-refractivity contribution in [1.82, 2.24) is 14.9 Å². The Balaban J connectivity index is 1.59. The molecular weight excluding hydrogens is 430 g/mol. The standard InChI is InChI=1S/C27H29N3O4/c1-4-33-25-16-26-22(23(17-34-26)20-8-5-6-9-24(20)32-3)15-21(25)19(2)14-27(31)29-10-7-12-30-13-11-28-18-30/h5-6,8-9,11,13-18H,4,7,10,12H2,1-3H3,(H,29,31)/b19-14+. The number of rotatable bonds is 10. The second-order valence-electron chi connectivity index (χ2n) is 7.90. The van der Waals surface area contributed by atoms with Crippen molar-refractivity contribution in [2.75, 3.05) is 20.3 Å². The van der Waals surface area contributed by atoms with Gasteiger partial charge >= 0.3 is 0 Å². The zero-order valence-electron chi connectivity index (χ0n) is 19.7. The fourth-order valence-electron chi connectivity index (χ4n) is 3.93. The summed E-state index contributed by atoms with van der Waals surface area (Å²) in [6.45, 7) is 5.74. The normalized spacial score (nSPS) is 11.6. The minimum absolute atomic E-state index is 0.136. The zero-order valence-corrected chi connectivity index (χ0v) is 19.7. The third kappa shape index (κ3) is 5.14. The summed E-state index contributed by atoms with van der Waals surface area (Å²) in [5.41, 5.74) is 4.24. The Morgan fingerprint density at radius 3 is 2.82 bits per heavy atom. The molecule has 2 heterocycles. The van der Waals surface area contributed by atoms with Crippen molar-refractivity contribution in [3.8, 4) is 22.6 Å². The Bertz CT molecular complexity index is 1290. The van der Waals surface area contributed by atoms with E-state index in [9.17, 15) is 4.79 Å². The van der Waals surface area contributed by atoms with Crippen LogP contribution in [-0.2, 0) is 11.3 Å². The van der Waals surface area contributed by atoms with E-state index in [2.05, 4.69) is 10.3 Å². The first-order chi connectivity index (χ1) is 16.6. The minimum atomic E-state index is -0.136. The van der Waals surface area contributed by atoms with Gasteiger partial charge in [0.15, 0.2) is 0 Å². The highest BCUT2D eigenvalue weighted by atomic mass is 16.5. The van der Waals surface area contributed by atoms with Gasteiger partial charge in [0.25, 0.3) is 0 Å². The maximum atomic E-state index is 12.6. The first-order valence-corrected chi connectivity index (χ1v) is 11.3. The molecule has 1 N–H and O–H groups in total. The van der Waals surface area contributed by atoms with E-state index in [1.165, 1.54) is 0 Å². The van der Waals surface area contributed by atoms with Gasteiger partial charge in [-0.25, -0.2) is 4.98 Å². The van der Waals surface area contributed by atoms with E-state index in [0.29, 0.717) is 24.5 Å². The lowest BCUT2D eigenvalue weighted by molar-refractivity contribution is -0.116. The number of aromatic nitrogens is 2. The van der Waals surface area contributed by atoms with E-state index in [-0.39, 0.29) is 5.91 Å². The molecule has 0 aliphatic heterocycles. The summed E-state index contributed by atoms with van der Waals surface area (Å²) in [7, 11) is 1.65. The van der Waals surface area contributed by atoms with Gasteiger partial charge in [0, 0.05) is 59.7 Å². The molecule has 0 atom stereocenters. The predicted molar refractivity (Wildman–Crippen MR) is 133 cm³/mol. The molecule has 2 aromatic heterocycles. The average molecular weight is 460 g/mol. The van der Waals surface area contributed by atoms with Crippen molar-refractivity contribution >= 4 is 22.4 Å². The summed E-state index contributed by atoms with van der Waals surface area (Å²) < 4.78 is 19.3. The molecule has 1 amide bonds. The second kappa shape index (κ2) is 10.7. The Kier molecular flexibility index (Phi) is 7.32. The number of carbonyl (C=O) groups excluding carboxylic acids is 1. The van der Waals surface area contributed by atoms with E-state index in [1.54, 1.807) is 32.0 Å². The molecule has 2 aromatic carbocycles. The lowest BCUT2D eigenvalue weighted by atomic mass is 9.98. The lowest BCUT2D eigenvalue weighted by Gasteiger charge is -2.12. The summed E-state index contributed by atoms with van der Waals surface area (Å²) in [5, 5.41) is 3.88. The number of nitrogens with one attached hydrogen (secondary N) is 1. The number of aryl methyl sites for hydroxylation is 1. The van der Waals surface area contributed by atoms with Crippen molar-refractivity contribution < 1.29 is 18.7 Å². The number of carbonyl (C=O) groups is 1. The molecule has 0 saturated heterocycles. The number of hydrogen-bond acceptors (Lipinski definition) is 5. The van der Waals surface area contributed by atoms with Crippen LogP contribution in [-0.4, -0.2) is 35.7 Å². The molecule has 0 unspecified atom stereocenters. The number of hydrogen-bond donors (Lipinski definition) is 1. The van der Waals surface area contributed by atoms with Gasteiger partial charge in [0.2, 0.25) is 5.91 Å². The summed E-state index contributed by atoms with van der Waals surface area (Å²) in [6, 6.07) is 11.7. The number of para-hydroxylation sites is 1. The van der Waals surface area contributed by atoms with Crippen LogP contribution in [0.2, 0.25) is 0 Å². The van der Waals surface area contributed by atoms with Crippen LogP contribution in [0.1, 0.15) is 25.8 Å². The first-order valence-electron chi connectivity index (χ1n) is 11.3.